The van der Waals surface area contributed by atoms with Crippen molar-refractivity contribution in [2.24, 2.45) is 17.6 Å². The highest BCUT2D eigenvalue weighted by Crippen LogP contribution is 2.37. The van der Waals surface area contributed by atoms with Crippen LogP contribution < -0.4 is 5.73 Å². The fraction of sp³-hybridized carbons (Fsp3) is 1.00. The van der Waals surface area contributed by atoms with Gasteiger partial charge in [0.05, 0.1) is 0 Å². The highest BCUT2D eigenvalue weighted by Gasteiger charge is 2.39. The van der Waals surface area contributed by atoms with E-state index in [4.69, 9.17) is 5.73 Å². The van der Waals surface area contributed by atoms with Crippen molar-refractivity contribution in [1.82, 2.24) is 4.90 Å². The van der Waals surface area contributed by atoms with Gasteiger partial charge in [0.25, 0.3) is 0 Å². The quantitative estimate of drug-likeness (QED) is 0.664. The zero-order valence-corrected chi connectivity index (χ0v) is 10.5. The molecule has 0 bridgehead atoms. The average molecular weight is 210 g/mol. The molecule has 2 heteroatoms. The van der Waals surface area contributed by atoms with Crippen LogP contribution >= 0.6 is 0 Å². The largest absolute Gasteiger partial charge is 0.326 e. The van der Waals surface area contributed by atoms with Crippen LogP contribution in [0.2, 0.25) is 0 Å². The van der Waals surface area contributed by atoms with Crippen LogP contribution in [0.15, 0.2) is 0 Å². The van der Waals surface area contributed by atoms with E-state index >= 15 is 0 Å². The normalized spacial score (nSPS) is 38.8. The van der Waals surface area contributed by atoms with Gasteiger partial charge in [-0.05, 0) is 45.4 Å². The first-order valence-corrected chi connectivity index (χ1v) is 6.49. The molecule has 0 spiro atoms. The molecular weight excluding hydrogens is 184 g/mol. The van der Waals surface area contributed by atoms with Crippen LogP contribution in [0.1, 0.15) is 46.5 Å². The van der Waals surface area contributed by atoms with E-state index in [-0.39, 0.29) is 0 Å². The minimum Gasteiger partial charge on any atom is -0.326 e. The summed E-state index contributed by atoms with van der Waals surface area (Å²) in [5.41, 5.74) is 6.63. The Bertz CT molecular complexity index is 219. The Morgan fingerprint density at radius 2 is 1.73 bits per heavy atom. The molecule has 1 heterocycles. The number of fused-ring (bicyclic) bond motifs is 1. The lowest BCUT2D eigenvalue weighted by Gasteiger charge is -2.49. The Hall–Kier alpha value is -0.0800. The highest BCUT2D eigenvalue weighted by atomic mass is 15.2. The smallest absolute Gasteiger partial charge is 0.0199 e. The lowest BCUT2D eigenvalue weighted by Crippen LogP contribution is -2.58. The fourth-order valence-corrected chi connectivity index (χ4v) is 3.32. The van der Waals surface area contributed by atoms with E-state index in [1.165, 1.54) is 32.2 Å². The summed E-state index contributed by atoms with van der Waals surface area (Å²) >= 11 is 0. The minimum atomic E-state index is 0.292. The summed E-state index contributed by atoms with van der Waals surface area (Å²) in [6, 6.07) is 0.420. The van der Waals surface area contributed by atoms with E-state index in [0.717, 1.165) is 18.4 Å². The molecule has 2 aliphatic rings. The zero-order valence-electron chi connectivity index (χ0n) is 10.5. The summed E-state index contributed by atoms with van der Waals surface area (Å²) in [7, 11) is 0. The third kappa shape index (κ3) is 2.36. The van der Waals surface area contributed by atoms with Crippen LogP contribution in [0.5, 0.6) is 0 Å². The maximum absolute atomic E-state index is 6.33. The number of piperidine rings is 1. The molecule has 0 radical (unpaired) electrons. The maximum atomic E-state index is 6.33. The summed E-state index contributed by atoms with van der Waals surface area (Å²) < 4.78 is 0. The van der Waals surface area contributed by atoms with Gasteiger partial charge in [-0.15, -0.1) is 0 Å². The second-order valence-corrected chi connectivity index (χ2v) is 6.45. The van der Waals surface area contributed by atoms with Crippen LogP contribution in [-0.2, 0) is 0 Å². The Kier molecular flexibility index (Phi) is 3.09. The molecule has 0 aromatic rings. The Labute approximate surface area is 94.2 Å². The number of nitrogens with two attached hydrogens (primary N) is 1. The van der Waals surface area contributed by atoms with Gasteiger partial charge in [0.15, 0.2) is 0 Å². The van der Waals surface area contributed by atoms with Gasteiger partial charge < -0.3 is 5.73 Å². The molecule has 88 valence electrons. The van der Waals surface area contributed by atoms with Gasteiger partial charge in [0.2, 0.25) is 0 Å². The first-order valence-electron chi connectivity index (χ1n) is 6.49. The number of nitrogens with zero attached hydrogens (tertiary/aromatic N) is 1. The lowest BCUT2D eigenvalue weighted by atomic mass is 9.72. The van der Waals surface area contributed by atoms with E-state index in [9.17, 15) is 0 Å². The van der Waals surface area contributed by atoms with Gasteiger partial charge in [-0.25, -0.2) is 0 Å². The third-order valence-corrected chi connectivity index (χ3v) is 4.35. The van der Waals surface area contributed by atoms with Crippen LogP contribution in [0, 0.1) is 11.8 Å². The summed E-state index contributed by atoms with van der Waals surface area (Å²) in [5.74, 6) is 1.69. The van der Waals surface area contributed by atoms with Crippen molar-refractivity contribution in [3.63, 3.8) is 0 Å². The van der Waals surface area contributed by atoms with Crippen molar-refractivity contribution < 1.29 is 0 Å². The van der Waals surface area contributed by atoms with Crippen LogP contribution in [0.4, 0.5) is 0 Å². The average Bonchev–Trinajstić information content (AvgIpc) is 2.16. The first kappa shape index (κ1) is 11.4. The third-order valence-electron chi connectivity index (χ3n) is 4.35. The lowest BCUT2D eigenvalue weighted by molar-refractivity contribution is 0.0147. The number of rotatable bonds is 0. The predicted molar refractivity (Wildman–Crippen MR) is 64.7 cm³/mol. The number of likely N-dealkylation sites (tertiary alicyclic amines) is 1. The maximum Gasteiger partial charge on any atom is 0.0199 e. The van der Waals surface area contributed by atoms with Gasteiger partial charge in [0, 0.05) is 24.7 Å². The second-order valence-electron chi connectivity index (χ2n) is 6.45. The Morgan fingerprint density at radius 3 is 2.40 bits per heavy atom. The topological polar surface area (TPSA) is 29.3 Å². The summed E-state index contributed by atoms with van der Waals surface area (Å²) in [5, 5.41) is 0. The molecule has 2 rings (SSSR count). The van der Waals surface area contributed by atoms with Gasteiger partial charge in [-0.3, -0.25) is 4.90 Å². The molecule has 15 heavy (non-hydrogen) atoms. The van der Waals surface area contributed by atoms with Crippen molar-refractivity contribution in [2.75, 3.05) is 13.1 Å². The zero-order chi connectivity index (χ0) is 11.1. The molecule has 3 atom stereocenters. The van der Waals surface area contributed by atoms with E-state index in [2.05, 4.69) is 25.7 Å². The Morgan fingerprint density at radius 1 is 1.07 bits per heavy atom. The molecule has 1 aliphatic heterocycles. The Balaban J connectivity index is 2.05. The summed E-state index contributed by atoms with van der Waals surface area (Å²) in [6.07, 6.45) is 5.62. The van der Waals surface area contributed by atoms with Crippen molar-refractivity contribution in [3.05, 3.63) is 0 Å². The van der Waals surface area contributed by atoms with Crippen LogP contribution in [-0.4, -0.2) is 29.6 Å². The SMILES string of the molecule is CC(C)(C)N1CC(N)C2CCCCC2C1. The van der Waals surface area contributed by atoms with Crippen LogP contribution in [0.3, 0.4) is 0 Å². The van der Waals surface area contributed by atoms with E-state index in [1.807, 2.05) is 0 Å². The van der Waals surface area contributed by atoms with Crippen LogP contribution in [0.25, 0.3) is 0 Å². The van der Waals surface area contributed by atoms with Gasteiger partial charge in [-0.1, -0.05) is 12.8 Å². The van der Waals surface area contributed by atoms with E-state index in [1.54, 1.807) is 0 Å². The van der Waals surface area contributed by atoms with Crippen molar-refractivity contribution in [2.45, 2.75) is 58.0 Å². The molecule has 2 nitrogen and oxygen atoms in total. The fourth-order valence-electron chi connectivity index (χ4n) is 3.32. The van der Waals surface area contributed by atoms with Crippen molar-refractivity contribution in [3.8, 4) is 0 Å². The van der Waals surface area contributed by atoms with E-state index in [0.29, 0.717) is 11.6 Å². The van der Waals surface area contributed by atoms with Crippen molar-refractivity contribution >= 4 is 0 Å². The number of hydrogen-bond donors (Lipinski definition) is 1. The molecule has 1 saturated carbocycles. The molecule has 0 aromatic carbocycles. The monoisotopic (exact) mass is 210 g/mol. The molecule has 2 N–H and O–H groups in total. The summed E-state index contributed by atoms with van der Waals surface area (Å²) in [6.45, 7) is 9.31. The standard InChI is InChI=1S/C13H26N2/c1-13(2,3)15-8-10-6-4-5-7-11(10)12(14)9-15/h10-12H,4-9,14H2,1-3H3. The molecule has 1 saturated heterocycles. The molecule has 1 aliphatic carbocycles. The van der Waals surface area contributed by atoms with Gasteiger partial charge in [-0.2, -0.15) is 0 Å². The first-order chi connectivity index (χ1) is 6.98. The molecule has 2 fully saturated rings. The summed E-state index contributed by atoms with van der Waals surface area (Å²) in [4.78, 5) is 2.59. The van der Waals surface area contributed by atoms with Crippen molar-refractivity contribution in [1.29, 1.82) is 0 Å². The number of hydrogen-bond acceptors (Lipinski definition) is 2. The van der Waals surface area contributed by atoms with Gasteiger partial charge >= 0.3 is 0 Å². The highest BCUT2D eigenvalue weighted by molar-refractivity contribution is 4.94. The van der Waals surface area contributed by atoms with Gasteiger partial charge in [0.1, 0.15) is 0 Å². The second kappa shape index (κ2) is 4.06. The molecule has 3 unspecified atom stereocenters. The van der Waals surface area contributed by atoms with E-state index < -0.39 is 0 Å². The predicted octanol–water partition coefficient (Wildman–Crippen LogP) is 2.23. The minimum absolute atomic E-state index is 0.292. The molecule has 0 amide bonds. The molecular formula is C13H26N2. The molecule has 0 aromatic heterocycles.